The van der Waals surface area contributed by atoms with Crippen molar-refractivity contribution in [3.05, 3.63) is 0 Å². The topological polar surface area (TPSA) is 0 Å². The fraction of sp³-hybridized carbons (Fsp3) is 1.00. The number of hydrogen-bond acceptors (Lipinski definition) is 0. The summed E-state index contributed by atoms with van der Waals surface area (Å²) in [4.78, 5) is 0. The van der Waals surface area contributed by atoms with E-state index >= 15 is 0 Å². The summed E-state index contributed by atoms with van der Waals surface area (Å²) in [5.74, 6) is 2.31. The van der Waals surface area contributed by atoms with Gasteiger partial charge in [0.25, 0.3) is 0 Å². The molecule has 4 unspecified atom stereocenters. The molecule has 0 radical (unpaired) electrons. The standard InChI is InChI=1S/C10H16/c1-9-4-3-7(9)8-5-10(8,2)6-9/h7-8H,3-6H2,1-2H3. The summed E-state index contributed by atoms with van der Waals surface area (Å²) < 4.78 is 0. The van der Waals surface area contributed by atoms with Crippen LogP contribution in [0.15, 0.2) is 0 Å². The van der Waals surface area contributed by atoms with Gasteiger partial charge in [-0.3, -0.25) is 0 Å². The van der Waals surface area contributed by atoms with E-state index in [0.29, 0.717) is 0 Å². The van der Waals surface area contributed by atoms with Gasteiger partial charge in [0.05, 0.1) is 0 Å². The monoisotopic (exact) mass is 136 g/mol. The molecule has 0 amide bonds. The molecule has 0 nitrogen and oxygen atoms in total. The van der Waals surface area contributed by atoms with E-state index in [-0.39, 0.29) is 0 Å². The SMILES string of the molecule is CC12CCC1C1CC1(C)C2. The molecule has 0 saturated heterocycles. The molecule has 56 valence electrons. The zero-order valence-corrected chi connectivity index (χ0v) is 6.98. The van der Waals surface area contributed by atoms with Gasteiger partial charge < -0.3 is 0 Å². The lowest BCUT2D eigenvalue weighted by atomic mass is 9.61. The average Bonchev–Trinajstić information content (AvgIpc) is 2.35. The Kier molecular flexibility index (Phi) is 0.669. The molecule has 0 aromatic heterocycles. The summed E-state index contributed by atoms with van der Waals surface area (Å²) in [5, 5.41) is 0. The maximum atomic E-state index is 2.51. The molecule has 0 aliphatic heterocycles. The van der Waals surface area contributed by atoms with Gasteiger partial charge in [0, 0.05) is 0 Å². The van der Waals surface area contributed by atoms with E-state index < -0.39 is 0 Å². The van der Waals surface area contributed by atoms with Gasteiger partial charge in [-0.25, -0.2) is 0 Å². The van der Waals surface area contributed by atoms with E-state index in [1.807, 2.05) is 0 Å². The van der Waals surface area contributed by atoms with Gasteiger partial charge >= 0.3 is 0 Å². The lowest BCUT2D eigenvalue weighted by molar-refractivity contribution is 0.0574. The van der Waals surface area contributed by atoms with Crippen LogP contribution in [-0.2, 0) is 0 Å². The second-order valence-electron chi connectivity index (χ2n) is 5.44. The van der Waals surface area contributed by atoms with Crippen LogP contribution in [0, 0.1) is 22.7 Å². The van der Waals surface area contributed by atoms with Crippen LogP contribution in [0.3, 0.4) is 0 Å². The maximum Gasteiger partial charge on any atom is -0.0286 e. The minimum absolute atomic E-state index is 0.817. The highest BCUT2D eigenvalue weighted by atomic mass is 14.7. The van der Waals surface area contributed by atoms with E-state index in [4.69, 9.17) is 0 Å². The highest BCUT2D eigenvalue weighted by Crippen LogP contribution is 2.77. The Labute approximate surface area is 63.0 Å². The molecule has 0 spiro atoms. The zero-order valence-electron chi connectivity index (χ0n) is 6.98. The van der Waals surface area contributed by atoms with Crippen molar-refractivity contribution in [1.29, 1.82) is 0 Å². The molecule has 0 N–H and O–H groups in total. The van der Waals surface area contributed by atoms with Crippen molar-refractivity contribution in [2.75, 3.05) is 0 Å². The van der Waals surface area contributed by atoms with Gasteiger partial charge in [0.2, 0.25) is 0 Å². The van der Waals surface area contributed by atoms with Crippen LogP contribution in [0.2, 0.25) is 0 Å². The molecule has 3 fully saturated rings. The number of hydrogen-bond donors (Lipinski definition) is 0. The third-order valence-electron chi connectivity index (χ3n) is 4.64. The van der Waals surface area contributed by atoms with Crippen molar-refractivity contribution < 1.29 is 0 Å². The van der Waals surface area contributed by atoms with Gasteiger partial charge in [0.1, 0.15) is 0 Å². The summed E-state index contributed by atoms with van der Waals surface area (Å²) in [5.41, 5.74) is 1.65. The molecule has 0 heterocycles. The second-order valence-corrected chi connectivity index (χ2v) is 5.44. The van der Waals surface area contributed by atoms with Crippen molar-refractivity contribution in [3.8, 4) is 0 Å². The van der Waals surface area contributed by atoms with Crippen LogP contribution in [0.5, 0.6) is 0 Å². The Bertz CT molecular complexity index is 196. The quantitative estimate of drug-likeness (QED) is 0.480. The Balaban J connectivity index is 1.97. The van der Waals surface area contributed by atoms with Crippen molar-refractivity contribution in [1.82, 2.24) is 0 Å². The van der Waals surface area contributed by atoms with Gasteiger partial charge in [0.15, 0.2) is 0 Å². The molecule has 0 aromatic carbocycles. The Morgan fingerprint density at radius 3 is 2.20 bits per heavy atom. The first-order valence-electron chi connectivity index (χ1n) is 4.64. The van der Waals surface area contributed by atoms with E-state index in [1.165, 1.54) is 6.42 Å². The number of rotatable bonds is 0. The van der Waals surface area contributed by atoms with Gasteiger partial charge in [-0.1, -0.05) is 13.8 Å². The normalized spacial score (nSPS) is 70.2. The Morgan fingerprint density at radius 2 is 1.90 bits per heavy atom. The Morgan fingerprint density at radius 1 is 1.10 bits per heavy atom. The predicted molar refractivity (Wildman–Crippen MR) is 41.7 cm³/mol. The van der Waals surface area contributed by atoms with Crippen LogP contribution in [0.1, 0.15) is 39.5 Å². The van der Waals surface area contributed by atoms with Crippen molar-refractivity contribution >= 4 is 0 Å². The average molecular weight is 136 g/mol. The summed E-state index contributed by atoms with van der Waals surface area (Å²) in [6.07, 6.45) is 6.20. The predicted octanol–water partition coefficient (Wildman–Crippen LogP) is 2.83. The largest absolute Gasteiger partial charge is 0.0593 e. The van der Waals surface area contributed by atoms with Crippen LogP contribution in [-0.4, -0.2) is 0 Å². The third kappa shape index (κ3) is 0.408. The first-order chi connectivity index (χ1) is 4.64. The molecule has 0 aromatic rings. The van der Waals surface area contributed by atoms with Crippen molar-refractivity contribution in [2.24, 2.45) is 22.7 Å². The molecular weight excluding hydrogens is 120 g/mol. The lowest BCUT2D eigenvalue weighted by Crippen LogP contribution is -2.35. The highest BCUT2D eigenvalue weighted by Gasteiger charge is 2.69. The van der Waals surface area contributed by atoms with Crippen molar-refractivity contribution in [2.45, 2.75) is 39.5 Å². The molecule has 4 atom stereocenters. The van der Waals surface area contributed by atoms with Crippen LogP contribution in [0.4, 0.5) is 0 Å². The van der Waals surface area contributed by atoms with Crippen LogP contribution >= 0.6 is 0 Å². The number of fused-ring (bicyclic) bond motifs is 3. The minimum Gasteiger partial charge on any atom is -0.0593 e. The summed E-state index contributed by atoms with van der Waals surface area (Å²) >= 11 is 0. The maximum absolute atomic E-state index is 2.51. The van der Waals surface area contributed by atoms with Crippen LogP contribution < -0.4 is 0 Å². The molecule has 3 saturated carbocycles. The Hall–Kier alpha value is 0. The molecule has 0 bridgehead atoms. The summed E-state index contributed by atoms with van der Waals surface area (Å²) in [6.45, 7) is 5.01. The lowest BCUT2D eigenvalue weighted by Gasteiger charge is -2.44. The second kappa shape index (κ2) is 1.19. The van der Waals surface area contributed by atoms with E-state index in [0.717, 1.165) is 22.7 Å². The van der Waals surface area contributed by atoms with Gasteiger partial charge in [-0.2, -0.15) is 0 Å². The fourth-order valence-corrected chi connectivity index (χ4v) is 3.91. The van der Waals surface area contributed by atoms with Crippen LogP contribution in [0.25, 0.3) is 0 Å². The summed E-state index contributed by atoms with van der Waals surface area (Å²) in [6, 6.07) is 0. The first kappa shape index (κ1) is 5.62. The summed E-state index contributed by atoms with van der Waals surface area (Å²) in [7, 11) is 0. The van der Waals surface area contributed by atoms with Gasteiger partial charge in [-0.05, 0) is 48.3 Å². The van der Waals surface area contributed by atoms with E-state index in [2.05, 4.69) is 13.8 Å². The van der Waals surface area contributed by atoms with Gasteiger partial charge in [-0.15, -0.1) is 0 Å². The molecular formula is C10H16. The zero-order chi connectivity index (χ0) is 6.98. The van der Waals surface area contributed by atoms with E-state index in [9.17, 15) is 0 Å². The molecule has 3 rings (SSSR count). The molecule has 0 heteroatoms. The fourth-order valence-electron chi connectivity index (χ4n) is 3.91. The minimum atomic E-state index is 0.817. The molecule has 10 heavy (non-hydrogen) atoms. The van der Waals surface area contributed by atoms with Crippen molar-refractivity contribution in [3.63, 3.8) is 0 Å². The highest BCUT2D eigenvalue weighted by molar-refractivity contribution is 5.18. The van der Waals surface area contributed by atoms with E-state index in [1.54, 1.807) is 19.3 Å². The smallest absolute Gasteiger partial charge is 0.0286 e. The molecule has 3 aliphatic rings. The first-order valence-corrected chi connectivity index (χ1v) is 4.64. The molecule has 3 aliphatic carbocycles. The third-order valence-corrected chi connectivity index (χ3v) is 4.64.